The van der Waals surface area contributed by atoms with Crippen molar-refractivity contribution >= 4 is 17.7 Å². The number of esters is 1. The average Bonchev–Trinajstić information content (AvgIpc) is 3.17. The van der Waals surface area contributed by atoms with E-state index in [4.69, 9.17) is 4.74 Å². The molecule has 1 amide bonds. The molecule has 3 aliphatic heterocycles. The van der Waals surface area contributed by atoms with Gasteiger partial charge in [-0.25, -0.2) is 9.78 Å². The summed E-state index contributed by atoms with van der Waals surface area (Å²) >= 11 is 0. The minimum atomic E-state index is -0.710. The highest BCUT2D eigenvalue weighted by molar-refractivity contribution is 5.96. The Morgan fingerprint density at radius 3 is 2.68 bits per heavy atom. The van der Waals surface area contributed by atoms with Crippen LogP contribution in [-0.2, 0) is 20.5 Å². The van der Waals surface area contributed by atoms with Crippen molar-refractivity contribution in [2.24, 2.45) is 0 Å². The van der Waals surface area contributed by atoms with Crippen LogP contribution < -0.4 is 4.90 Å². The molecule has 4 heterocycles. The van der Waals surface area contributed by atoms with E-state index in [-0.39, 0.29) is 18.0 Å². The molecule has 6 rings (SSSR count). The van der Waals surface area contributed by atoms with Crippen LogP contribution in [0.1, 0.15) is 47.2 Å². The summed E-state index contributed by atoms with van der Waals surface area (Å²) in [6.07, 6.45) is 4.55. The number of hydrogen-bond acceptors (Lipinski definition) is 6. The lowest BCUT2D eigenvalue weighted by Crippen LogP contribution is -2.40. The van der Waals surface area contributed by atoms with Gasteiger partial charge >= 0.3 is 5.97 Å². The Morgan fingerprint density at radius 2 is 1.97 bits per heavy atom. The molecule has 160 valence electrons. The molecular weight excluding hydrogens is 394 g/mol. The maximum absolute atomic E-state index is 13.6. The Morgan fingerprint density at radius 1 is 1.13 bits per heavy atom. The fourth-order valence-corrected chi connectivity index (χ4v) is 5.46. The van der Waals surface area contributed by atoms with Crippen molar-refractivity contribution in [3.05, 3.63) is 59.3 Å². The first-order valence-electron chi connectivity index (χ1n) is 11.0. The average molecular weight is 419 g/mol. The number of carbonyl (C=O) groups excluding carboxylic acids is 2. The summed E-state index contributed by atoms with van der Waals surface area (Å²) in [7, 11) is 0. The zero-order valence-corrected chi connectivity index (χ0v) is 17.3. The summed E-state index contributed by atoms with van der Waals surface area (Å²) < 4.78 is 5.81. The van der Waals surface area contributed by atoms with Crippen LogP contribution in [0.2, 0.25) is 0 Å². The van der Waals surface area contributed by atoms with E-state index in [1.165, 1.54) is 0 Å². The van der Waals surface area contributed by atoms with Gasteiger partial charge in [0, 0.05) is 37.8 Å². The molecule has 1 aromatic heterocycles. The Balaban J connectivity index is 1.22. The maximum atomic E-state index is 13.6. The van der Waals surface area contributed by atoms with Crippen LogP contribution in [-0.4, -0.2) is 59.1 Å². The van der Waals surface area contributed by atoms with Crippen molar-refractivity contribution in [2.75, 3.05) is 31.1 Å². The van der Waals surface area contributed by atoms with Crippen LogP contribution in [0.3, 0.4) is 0 Å². The van der Waals surface area contributed by atoms with Gasteiger partial charge in [0.15, 0.2) is 5.60 Å². The lowest BCUT2D eigenvalue weighted by molar-refractivity contribution is -0.134. The Bertz CT molecular complexity index is 1060. The number of likely N-dealkylation sites (tertiary alicyclic amines) is 1. The molecular formula is C24H25N3O4. The number of amides is 1. The van der Waals surface area contributed by atoms with E-state index in [9.17, 15) is 14.7 Å². The van der Waals surface area contributed by atoms with E-state index >= 15 is 0 Å². The third kappa shape index (κ3) is 2.79. The van der Waals surface area contributed by atoms with Gasteiger partial charge in [0.2, 0.25) is 5.91 Å². The second kappa shape index (κ2) is 6.53. The SMILES string of the molecule is O=C1O[C@]2(CCN(C(=O)C3(c4ccc(N5CC[C@H](O)C5)nc4)CC3)C2)c2ccccc21. The second-order valence-corrected chi connectivity index (χ2v) is 9.28. The molecule has 1 aliphatic carbocycles. The van der Waals surface area contributed by atoms with Crippen LogP contribution in [0.15, 0.2) is 42.6 Å². The molecule has 4 aliphatic rings. The number of pyridine rings is 1. The van der Waals surface area contributed by atoms with Crippen LogP contribution >= 0.6 is 0 Å². The minimum Gasteiger partial charge on any atom is -0.449 e. The van der Waals surface area contributed by atoms with Gasteiger partial charge in [0.05, 0.1) is 23.6 Å². The Labute approximate surface area is 180 Å². The monoisotopic (exact) mass is 419 g/mol. The molecule has 1 aromatic carbocycles. The van der Waals surface area contributed by atoms with E-state index in [0.717, 1.165) is 42.8 Å². The van der Waals surface area contributed by atoms with Gasteiger partial charge in [-0.2, -0.15) is 0 Å². The third-order valence-corrected chi connectivity index (χ3v) is 7.39. The van der Waals surface area contributed by atoms with Gasteiger partial charge in [-0.3, -0.25) is 4.79 Å². The number of β-amino-alcohol motifs (C(OH)–C–C–N with tert-alkyl or cyclic N) is 1. The first-order valence-corrected chi connectivity index (χ1v) is 11.0. The summed E-state index contributed by atoms with van der Waals surface area (Å²) in [6, 6.07) is 11.5. The number of nitrogens with zero attached hydrogens (tertiary/aromatic N) is 3. The number of fused-ring (bicyclic) bond motifs is 2. The fraction of sp³-hybridized carbons (Fsp3) is 0.458. The number of aromatic nitrogens is 1. The number of rotatable bonds is 3. The molecule has 0 radical (unpaired) electrons. The van der Waals surface area contributed by atoms with Crippen molar-refractivity contribution in [3.63, 3.8) is 0 Å². The summed E-state index contributed by atoms with van der Waals surface area (Å²) in [5, 5.41) is 9.76. The lowest BCUT2D eigenvalue weighted by Gasteiger charge is -2.27. The number of hydrogen-bond donors (Lipinski definition) is 1. The van der Waals surface area contributed by atoms with Crippen molar-refractivity contribution in [1.29, 1.82) is 0 Å². The van der Waals surface area contributed by atoms with Gasteiger partial charge in [0.1, 0.15) is 5.82 Å². The molecule has 1 spiro atoms. The van der Waals surface area contributed by atoms with Crippen molar-refractivity contribution in [3.8, 4) is 0 Å². The number of anilines is 1. The number of aliphatic hydroxyl groups excluding tert-OH is 1. The molecule has 3 fully saturated rings. The van der Waals surface area contributed by atoms with Crippen LogP contribution in [0.25, 0.3) is 0 Å². The van der Waals surface area contributed by atoms with E-state index in [1.807, 2.05) is 41.4 Å². The maximum Gasteiger partial charge on any atom is 0.339 e. The smallest absolute Gasteiger partial charge is 0.339 e. The standard InChI is InChI=1S/C24H25N3O4/c28-17-7-11-26(14-17)20-6-5-16(13-25-20)23(8-9-23)22(30)27-12-10-24(15-27)19-4-2-1-3-18(19)21(29)31-24/h1-6,13,17,28H,7-12,14-15H2/t17-,24-/m0/s1. The van der Waals surface area contributed by atoms with Gasteiger partial charge in [-0.15, -0.1) is 0 Å². The van der Waals surface area contributed by atoms with Gasteiger partial charge in [-0.1, -0.05) is 24.3 Å². The molecule has 1 N–H and O–H groups in total. The third-order valence-electron chi connectivity index (χ3n) is 7.39. The van der Waals surface area contributed by atoms with Crippen LogP contribution in [0, 0.1) is 0 Å². The molecule has 0 unspecified atom stereocenters. The number of ether oxygens (including phenoxy) is 1. The Hall–Kier alpha value is -2.93. The zero-order valence-electron chi connectivity index (χ0n) is 17.3. The molecule has 7 nitrogen and oxygen atoms in total. The molecule has 31 heavy (non-hydrogen) atoms. The van der Waals surface area contributed by atoms with Crippen LogP contribution in [0.4, 0.5) is 5.82 Å². The van der Waals surface area contributed by atoms with E-state index in [2.05, 4.69) is 9.88 Å². The van der Waals surface area contributed by atoms with Crippen molar-refractivity contribution < 1.29 is 19.4 Å². The van der Waals surface area contributed by atoms with E-state index < -0.39 is 11.0 Å². The van der Waals surface area contributed by atoms with Crippen molar-refractivity contribution in [1.82, 2.24) is 9.88 Å². The highest BCUT2D eigenvalue weighted by Gasteiger charge is 2.57. The van der Waals surface area contributed by atoms with Crippen molar-refractivity contribution in [2.45, 2.75) is 42.8 Å². The number of aliphatic hydroxyl groups is 1. The largest absolute Gasteiger partial charge is 0.449 e. The molecule has 0 bridgehead atoms. The highest BCUT2D eigenvalue weighted by Crippen LogP contribution is 2.52. The summed E-state index contributed by atoms with van der Waals surface area (Å²) in [5.74, 6) is 0.659. The zero-order chi connectivity index (χ0) is 21.2. The predicted octanol–water partition coefficient (Wildman–Crippen LogP) is 1.98. The quantitative estimate of drug-likeness (QED) is 0.766. The number of benzene rings is 1. The molecule has 7 heteroatoms. The predicted molar refractivity (Wildman–Crippen MR) is 113 cm³/mol. The number of carbonyl (C=O) groups is 2. The molecule has 2 aromatic rings. The molecule has 2 atom stereocenters. The topological polar surface area (TPSA) is 83.0 Å². The van der Waals surface area contributed by atoms with Gasteiger partial charge in [0.25, 0.3) is 0 Å². The summed E-state index contributed by atoms with van der Waals surface area (Å²) in [4.78, 5) is 34.4. The minimum absolute atomic E-state index is 0.107. The van der Waals surface area contributed by atoms with E-state index in [1.54, 1.807) is 6.07 Å². The Kier molecular flexibility index (Phi) is 3.96. The highest BCUT2D eigenvalue weighted by atomic mass is 16.6. The van der Waals surface area contributed by atoms with Crippen LogP contribution in [0.5, 0.6) is 0 Å². The first kappa shape index (κ1) is 18.8. The molecule has 1 saturated carbocycles. The summed E-state index contributed by atoms with van der Waals surface area (Å²) in [6.45, 7) is 2.40. The second-order valence-electron chi connectivity index (χ2n) is 9.28. The normalized spacial score (nSPS) is 28.2. The lowest BCUT2D eigenvalue weighted by atomic mass is 9.91. The van der Waals surface area contributed by atoms with E-state index in [0.29, 0.717) is 31.6 Å². The summed E-state index contributed by atoms with van der Waals surface area (Å²) in [5.41, 5.74) is 1.25. The van der Waals surface area contributed by atoms with Gasteiger partial charge < -0.3 is 19.6 Å². The molecule has 2 saturated heterocycles. The first-order chi connectivity index (χ1) is 15.0. The fourth-order valence-electron chi connectivity index (χ4n) is 5.46. The van der Waals surface area contributed by atoms with Gasteiger partial charge in [-0.05, 0) is 37.0 Å².